The van der Waals surface area contributed by atoms with Gasteiger partial charge in [0.2, 0.25) is 11.6 Å². The number of rotatable bonds is 5. The van der Waals surface area contributed by atoms with Crippen molar-refractivity contribution in [3.8, 4) is 0 Å². The van der Waals surface area contributed by atoms with Crippen LogP contribution in [0.3, 0.4) is 0 Å². The smallest absolute Gasteiger partial charge is 0.417 e. The molecule has 1 aliphatic heterocycles. The number of hydrogen-bond acceptors (Lipinski definition) is 8. The molecular weight excluding hydrogens is 443 g/mol. The number of piperidine rings is 1. The van der Waals surface area contributed by atoms with E-state index in [0.29, 0.717) is 25.9 Å². The maximum absolute atomic E-state index is 13.1. The summed E-state index contributed by atoms with van der Waals surface area (Å²) >= 11 is 5.62. The second-order valence-electron chi connectivity index (χ2n) is 6.75. The SMILES string of the molecule is COC(=O)C1CCN(c2ncnc(Nc3ccc(Cl)c(C(F)(F)F)c3)c2[N+](=O)[O-])CC1. The first kappa shape index (κ1) is 22.5. The first-order valence-corrected chi connectivity index (χ1v) is 9.45. The Kier molecular flexibility index (Phi) is 6.48. The molecular formula is C18H17ClF3N5O4. The minimum Gasteiger partial charge on any atom is -0.469 e. The molecule has 0 amide bonds. The first-order chi connectivity index (χ1) is 14.6. The minimum absolute atomic E-state index is 0.0100. The van der Waals surface area contributed by atoms with Crippen LogP contribution in [-0.4, -0.2) is 41.1 Å². The summed E-state index contributed by atoms with van der Waals surface area (Å²) in [4.78, 5) is 32.2. The zero-order chi connectivity index (χ0) is 22.8. The van der Waals surface area contributed by atoms with Crippen molar-refractivity contribution in [1.29, 1.82) is 0 Å². The monoisotopic (exact) mass is 459 g/mol. The summed E-state index contributed by atoms with van der Waals surface area (Å²) < 4.78 is 44.1. The molecule has 1 aromatic carbocycles. The van der Waals surface area contributed by atoms with Gasteiger partial charge in [0, 0.05) is 18.8 Å². The Morgan fingerprint density at radius 3 is 2.58 bits per heavy atom. The summed E-state index contributed by atoms with van der Waals surface area (Å²) in [6.07, 6.45) is -2.77. The highest BCUT2D eigenvalue weighted by Gasteiger charge is 2.34. The first-order valence-electron chi connectivity index (χ1n) is 9.07. The number of esters is 1. The highest BCUT2D eigenvalue weighted by molar-refractivity contribution is 6.31. The van der Waals surface area contributed by atoms with Gasteiger partial charge in [0.05, 0.1) is 28.5 Å². The standard InChI is InChI=1S/C18H17ClF3N5O4/c1-31-17(28)10-4-6-26(7-5-10)16-14(27(29)30)15(23-9-24-16)25-11-2-3-13(19)12(8-11)18(20,21)22/h2-3,8-10H,4-7H2,1H3,(H,23,24,25). The van der Waals surface area contributed by atoms with Crippen molar-refractivity contribution in [2.75, 3.05) is 30.4 Å². The lowest BCUT2D eigenvalue weighted by atomic mass is 9.97. The molecule has 0 bridgehead atoms. The number of nitrogens with zero attached hydrogens (tertiary/aromatic N) is 4. The van der Waals surface area contributed by atoms with Crippen LogP contribution < -0.4 is 10.2 Å². The Bertz CT molecular complexity index is 997. The summed E-state index contributed by atoms with van der Waals surface area (Å²) in [6.45, 7) is 0.631. The van der Waals surface area contributed by atoms with E-state index in [1.165, 1.54) is 13.2 Å². The molecule has 31 heavy (non-hydrogen) atoms. The Hall–Kier alpha value is -3.15. The van der Waals surface area contributed by atoms with Crippen LogP contribution >= 0.6 is 11.6 Å². The number of anilines is 3. The molecule has 1 aliphatic rings. The second-order valence-corrected chi connectivity index (χ2v) is 7.16. The van der Waals surface area contributed by atoms with Crippen molar-refractivity contribution in [1.82, 2.24) is 9.97 Å². The van der Waals surface area contributed by atoms with Crippen LogP contribution in [0.4, 0.5) is 36.2 Å². The molecule has 166 valence electrons. The van der Waals surface area contributed by atoms with Crippen LogP contribution in [-0.2, 0) is 15.7 Å². The summed E-state index contributed by atoms with van der Waals surface area (Å²) in [7, 11) is 1.29. The molecule has 3 rings (SSSR count). The van der Waals surface area contributed by atoms with E-state index in [2.05, 4.69) is 15.3 Å². The van der Waals surface area contributed by atoms with Crippen molar-refractivity contribution < 1.29 is 27.6 Å². The lowest BCUT2D eigenvalue weighted by Gasteiger charge is -2.31. The molecule has 1 fully saturated rings. The Labute approximate surface area is 179 Å². The van der Waals surface area contributed by atoms with Gasteiger partial charge < -0.3 is 15.0 Å². The molecule has 1 N–H and O–H groups in total. The van der Waals surface area contributed by atoms with E-state index >= 15 is 0 Å². The topological polar surface area (TPSA) is 110 Å². The lowest BCUT2D eigenvalue weighted by molar-refractivity contribution is -0.383. The number of hydrogen-bond donors (Lipinski definition) is 1. The van der Waals surface area contributed by atoms with E-state index in [4.69, 9.17) is 16.3 Å². The van der Waals surface area contributed by atoms with Gasteiger partial charge in [0.25, 0.3) is 0 Å². The Morgan fingerprint density at radius 1 is 1.32 bits per heavy atom. The number of alkyl halides is 3. The molecule has 2 aromatic rings. The highest BCUT2D eigenvalue weighted by Crippen LogP contribution is 2.39. The number of nitro groups is 1. The lowest BCUT2D eigenvalue weighted by Crippen LogP contribution is -2.37. The summed E-state index contributed by atoms with van der Waals surface area (Å²) in [5, 5.41) is 13.8. The van der Waals surface area contributed by atoms with Gasteiger partial charge in [-0.3, -0.25) is 14.9 Å². The fourth-order valence-corrected chi connectivity index (χ4v) is 3.54. The Balaban J connectivity index is 1.90. The van der Waals surface area contributed by atoms with Crippen LogP contribution in [0.2, 0.25) is 5.02 Å². The zero-order valence-electron chi connectivity index (χ0n) is 16.1. The molecule has 13 heteroatoms. The quantitative estimate of drug-likeness (QED) is 0.402. The van der Waals surface area contributed by atoms with Crippen molar-refractivity contribution in [3.05, 3.63) is 45.2 Å². The van der Waals surface area contributed by atoms with Crippen molar-refractivity contribution in [3.63, 3.8) is 0 Å². The fourth-order valence-electron chi connectivity index (χ4n) is 3.31. The number of aromatic nitrogens is 2. The normalized spacial score (nSPS) is 14.9. The van der Waals surface area contributed by atoms with Gasteiger partial charge in [-0.25, -0.2) is 9.97 Å². The molecule has 1 aromatic heterocycles. The molecule has 1 saturated heterocycles. The van der Waals surface area contributed by atoms with Crippen LogP contribution in [0.15, 0.2) is 24.5 Å². The number of halogens is 4. The predicted molar refractivity (Wildman–Crippen MR) is 105 cm³/mol. The van der Waals surface area contributed by atoms with Crippen LogP contribution in [0.25, 0.3) is 0 Å². The molecule has 9 nitrogen and oxygen atoms in total. The van der Waals surface area contributed by atoms with Crippen LogP contribution in [0, 0.1) is 16.0 Å². The highest BCUT2D eigenvalue weighted by atomic mass is 35.5. The van der Waals surface area contributed by atoms with Crippen molar-refractivity contribution >= 4 is 40.6 Å². The molecule has 0 saturated carbocycles. The van der Waals surface area contributed by atoms with Crippen LogP contribution in [0.5, 0.6) is 0 Å². The van der Waals surface area contributed by atoms with Gasteiger partial charge in [-0.2, -0.15) is 13.2 Å². The van der Waals surface area contributed by atoms with Gasteiger partial charge in [0.1, 0.15) is 6.33 Å². The number of benzene rings is 1. The number of nitrogens with one attached hydrogen (secondary N) is 1. The maximum atomic E-state index is 13.1. The average molecular weight is 460 g/mol. The number of carbonyl (C=O) groups excluding carboxylic acids is 1. The van der Waals surface area contributed by atoms with Crippen molar-refractivity contribution in [2.45, 2.75) is 19.0 Å². The van der Waals surface area contributed by atoms with Crippen molar-refractivity contribution in [2.24, 2.45) is 5.92 Å². The molecule has 0 spiro atoms. The van der Waals surface area contributed by atoms with Crippen LogP contribution in [0.1, 0.15) is 18.4 Å². The molecule has 0 unspecified atom stereocenters. The van der Waals surface area contributed by atoms with E-state index in [1.54, 1.807) is 4.90 Å². The van der Waals surface area contributed by atoms with E-state index in [9.17, 15) is 28.1 Å². The minimum atomic E-state index is -4.69. The third-order valence-corrected chi connectivity index (χ3v) is 5.18. The third kappa shape index (κ3) is 4.95. The van der Waals surface area contributed by atoms with Gasteiger partial charge in [-0.15, -0.1) is 0 Å². The van der Waals surface area contributed by atoms with Gasteiger partial charge >= 0.3 is 17.8 Å². The maximum Gasteiger partial charge on any atom is 0.417 e. The Morgan fingerprint density at radius 2 is 2.00 bits per heavy atom. The summed E-state index contributed by atoms with van der Waals surface area (Å²) in [5.41, 5.74) is -1.64. The summed E-state index contributed by atoms with van der Waals surface area (Å²) in [5.74, 6) is -0.909. The molecule has 0 radical (unpaired) electrons. The van der Waals surface area contributed by atoms with Gasteiger partial charge in [-0.05, 0) is 31.0 Å². The average Bonchev–Trinajstić information content (AvgIpc) is 2.73. The summed E-state index contributed by atoms with van der Waals surface area (Å²) in [6, 6.07) is 3.04. The predicted octanol–water partition coefficient (Wildman–Crippen LogP) is 4.19. The second kappa shape index (κ2) is 8.92. The van der Waals surface area contributed by atoms with E-state index in [1.807, 2.05) is 0 Å². The van der Waals surface area contributed by atoms with E-state index < -0.39 is 27.4 Å². The van der Waals surface area contributed by atoms with Gasteiger partial charge in [-0.1, -0.05) is 11.6 Å². The van der Waals surface area contributed by atoms with Gasteiger partial charge in [0.15, 0.2) is 0 Å². The largest absolute Gasteiger partial charge is 0.469 e. The number of methoxy groups -OCH3 is 1. The van der Waals surface area contributed by atoms with E-state index in [-0.39, 0.29) is 29.2 Å². The number of ether oxygens (including phenoxy) is 1. The molecule has 2 heterocycles. The third-order valence-electron chi connectivity index (χ3n) is 4.85. The number of carbonyl (C=O) groups is 1. The molecule has 0 aliphatic carbocycles. The zero-order valence-corrected chi connectivity index (χ0v) is 16.9. The molecule has 0 atom stereocenters. The fraction of sp³-hybridized carbons (Fsp3) is 0.389. The van der Waals surface area contributed by atoms with E-state index in [0.717, 1.165) is 18.5 Å².